The van der Waals surface area contributed by atoms with Gasteiger partial charge in [0.1, 0.15) is 11.5 Å². The Hall–Kier alpha value is -1.61. The first-order valence-corrected chi connectivity index (χ1v) is 9.35. The van der Waals surface area contributed by atoms with Gasteiger partial charge in [-0.1, -0.05) is 53.7 Å². The van der Waals surface area contributed by atoms with Gasteiger partial charge in [-0.15, -0.1) is 0 Å². The van der Waals surface area contributed by atoms with Crippen molar-refractivity contribution in [2.75, 3.05) is 0 Å². The molecule has 2 aromatic carbocycles. The third kappa shape index (κ3) is 4.13. The summed E-state index contributed by atoms with van der Waals surface area (Å²) in [5.74, 6) is 0.564. The number of rotatable bonds is 1. The van der Waals surface area contributed by atoms with Crippen molar-refractivity contribution in [3.05, 3.63) is 45.5 Å². The van der Waals surface area contributed by atoms with Crippen molar-refractivity contribution in [3.8, 4) is 22.6 Å². The first-order valence-electron chi connectivity index (χ1n) is 9.35. The van der Waals surface area contributed by atoms with E-state index in [9.17, 15) is 10.2 Å². The molecule has 0 bridgehead atoms. The van der Waals surface area contributed by atoms with Crippen LogP contribution in [0.3, 0.4) is 0 Å². The number of hydrogen-bond acceptors (Lipinski definition) is 2. The van der Waals surface area contributed by atoms with Crippen molar-refractivity contribution in [2.24, 2.45) is 0 Å². The number of hydrogen-bond donors (Lipinski definition) is 2. The lowest BCUT2D eigenvalue weighted by atomic mass is 9.78. The highest BCUT2D eigenvalue weighted by molar-refractivity contribution is 7.59. The third-order valence-corrected chi connectivity index (χ3v) is 5.50. The van der Waals surface area contributed by atoms with Gasteiger partial charge in [0.05, 0.1) is 0 Å². The number of phenols is 2. The molecule has 0 heterocycles. The van der Waals surface area contributed by atoms with E-state index in [-0.39, 0.29) is 35.8 Å². The first kappa shape index (κ1) is 23.4. The Bertz CT molecular complexity index is 792. The lowest BCUT2D eigenvalue weighted by Gasteiger charge is -2.28. The number of benzene rings is 2. The average Bonchev–Trinajstić information content (AvgIpc) is 2.47. The molecule has 0 spiro atoms. The minimum atomic E-state index is -0.183. The van der Waals surface area contributed by atoms with Crippen LogP contribution in [0.1, 0.15) is 74.9 Å². The first-order chi connectivity index (χ1) is 11.7. The Kier molecular flexibility index (Phi) is 6.44. The Labute approximate surface area is 172 Å². The third-order valence-electron chi connectivity index (χ3n) is 5.50. The van der Waals surface area contributed by atoms with Gasteiger partial charge in [-0.05, 0) is 60.8 Å². The van der Waals surface area contributed by atoms with Gasteiger partial charge < -0.3 is 10.2 Å². The summed E-state index contributed by atoms with van der Waals surface area (Å²) in [7, 11) is 0. The molecular formula is C24H36O2S. The topological polar surface area (TPSA) is 40.5 Å². The van der Waals surface area contributed by atoms with E-state index in [4.69, 9.17) is 0 Å². The van der Waals surface area contributed by atoms with Crippen molar-refractivity contribution in [3.63, 3.8) is 0 Å². The summed E-state index contributed by atoms with van der Waals surface area (Å²) >= 11 is 0. The predicted octanol–water partition coefficient (Wildman–Crippen LogP) is 6.71. The molecule has 2 aromatic rings. The van der Waals surface area contributed by atoms with Gasteiger partial charge >= 0.3 is 0 Å². The summed E-state index contributed by atoms with van der Waals surface area (Å²) in [5, 5.41) is 22.4. The molecule has 0 radical (unpaired) electrons. The van der Waals surface area contributed by atoms with Crippen LogP contribution in [0.5, 0.6) is 11.5 Å². The van der Waals surface area contributed by atoms with Crippen LogP contribution in [0.4, 0.5) is 0 Å². The number of aryl methyl sites for hydroxylation is 2. The highest BCUT2D eigenvalue weighted by Gasteiger charge is 2.28. The summed E-state index contributed by atoms with van der Waals surface area (Å²) in [4.78, 5) is 0. The summed E-state index contributed by atoms with van der Waals surface area (Å²) in [6, 6.07) is 4.14. The SMILES string of the molecule is Cc1cc(C(C)(C)C)c(O)c(-c2c(C)c(C)cc(C(C)(C)C)c2O)c1C.S. The van der Waals surface area contributed by atoms with Gasteiger partial charge in [0, 0.05) is 22.3 Å². The second-order valence-corrected chi connectivity index (χ2v) is 9.68. The maximum absolute atomic E-state index is 11.2. The Morgan fingerprint density at radius 3 is 1.07 bits per heavy atom. The van der Waals surface area contributed by atoms with E-state index in [1.165, 1.54) is 0 Å². The van der Waals surface area contributed by atoms with Gasteiger partial charge in [-0.25, -0.2) is 0 Å². The second-order valence-electron chi connectivity index (χ2n) is 9.68. The maximum Gasteiger partial charge on any atom is 0.127 e. The Morgan fingerprint density at radius 2 is 0.852 bits per heavy atom. The van der Waals surface area contributed by atoms with E-state index in [0.29, 0.717) is 0 Å². The molecule has 0 atom stereocenters. The van der Waals surface area contributed by atoms with Gasteiger partial charge in [0.25, 0.3) is 0 Å². The van der Waals surface area contributed by atoms with Gasteiger partial charge in [0.15, 0.2) is 0 Å². The second kappa shape index (κ2) is 7.43. The van der Waals surface area contributed by atoms with Gasteiger partial charge in [-0.2, -0.15) is 13.5 Å². The summed E-state index contributed by atoms with van der Waals surface area (Å²) in [6.45, 7) is 20.8. The minimum Gasteiger partial charge on any atom is -0.507 e. The summed E-state index contributed by atoms with van der Waals surface area (Å²) < 4.78 is 0. The van der Waals surface area contributed by atoms with E-state index in [1.807, 2.05) is 13.8 Å². The highest BCUT2D eigenvalue weighted by atomic mass is 32.1. The molecule has 27 heavy (non-hydrogen) atoms. The largest absolute Gasteiger partial charge is 0.507 e. The zero-order chi connectivity index (χ0) is 20.2. The lowest BCUT2D eigenvalue weighted by Crippen LogP contribution is -2.14. The molecule has 0 fully saturated rings. The molecule has 0 aliphatic heterocycles. The number of phenolic OH excluding ortho intramolecular Hbond substituents is 2. The van der Waals surface area contributed by atoms with E-state index in [1.54, 1.807) is 0 Å². The van der Waals surface area contributed by atoms with Crippen molar-refractivity contribution < 1.29 is 10.2 Å². The van der Waals surface area contributed by atoms with E-state index in [2.05, 4.69) is 67.5 Å². The van der Waals surface area contributed by atoms with Gasteiger partial charge in [-0.3, -0.25) is 0 Å². The highest BCUT2D eigenvalue weighted by Crippen LogP contribution is 2.49. The summed E-state index contributed by atoms with van der Waals surface area (Å²) in [6.07, 6.45) is 0. The molecule has 2 rings (SSSR count). The molecule has 0 saturated heterocycles. The molecule has 2 N–H and O–H groups in total. The fourth-order valence-corrected chi connectivity index (χ4v) is 3.56. The van der Waals surface area contributed by atoms with E-state index < -0.39 is 0 Å². The van der Waals surface area contributed by atoms with Crippen molar-refractivity contribution >= 4 is 13.5 Å². The molecule has 2 nitrogen and oxygen atoms in total. The van der Waals surface area contributed by atoms with Crippen LogP contribution in [0.25, 0.3) is 11.1 Å². The van der Waals surface area contributed by atoms with Crippen molar-refractivity contribution in [2.45, 2.75) is 80.1 Å². The predicted molar refractivity (Wildman–Crippen MR) is 122 cm³/mol. The summed E-state index contributed by atoms with van der Waals surface area (Å²) in [5.41, 5.74) is 7.26. The van der Waals surface area contributed by atoms with E-state index >= 15 is 0 Å². The zero-order valence-electron chi connectivity index (χ0n) is 18.5. The van der Waals surface area contributed by atoms with Crippen LogP contribution in [0.2, 0.25) is 0 Å². The molecule has 0 unspecified atom stereocenters. The minimum absolute atomic E-state index is 0. The average molecular weight is 389 g/mol. The molecule has 0 amide bonds. The molecule has 0 aliphatic rings. The van der Waals surface area contributed by atoms with Crippen LogP contribution < -0.4 is 0 Å². The standard InChI is InChI=1S/C24H34O2.H2S/c1-13-11-17(23(5,6)7)21(25)19(15(13)3)20-16(4)14(2)12-18(22(20)26)24(8,9)10;/h11-12,25-26H,1-10H3;1H2. The normalized spacial score (nSPS) is 12.1. The molecule has 3 heteroatoms. The van der Waals surface area contributed by atoms with Gasteiger partial charge in [0.2, 0.25) is 0 Å². The maximum atomic E-state index is 11.2. The fraction of sp³-hybridized carbons (Fsp3) is 0.500. The molecule has 150 valence electrons. The quantitative estimate of drug-likeness (QED) is 0.570. The van der Waals surface area contributed by atoms with Crippen LogP contribution in [-0.2, 0) is 10.8 Å². The van der Waals surface area contributed by atoms with Crippen LogP contribution in [0, 0.1) is 27.7 Å². The molecular weight excluding hydrogens is 352 g/mol. The van der Waals surface area contributed by atoms with Crippen LogP contribution in [0.15, 0.2) is 12.1 Å². The zero-order valence-corrected chi connectivity index (χ0v) is 19.5. The van der Waals surface area contributed by atoms with Crippen molar-refractivity contribution in [1.82, 2.24) is 0 Å². The smallest absolute Gasteiger partial charge is 0.127 e. The lowest BCUT2D eigenvalue weighted by molar-refractivity contribution is 0.439. The Balaban J connectivity index is 0.00000364. The monoisotopic (exact) mass is 388 g/mol. The van der Waals surface area contributed by atoms with Crippen LogP contribution >= 0.6 is 13.5 Å². The molecule has 0 aliphatic carbocycles. The Morgan fingerprint density at radius 1 is 0.593 bits per heavy atom. The molecule has 0 saturated carbocycles. The van der Waals surface area contributed by atoms with Crippen molar-refractivity contribution in [1.29, 1.82) is 0 Å². The fourth-order valence-electron chi connectivity index (χ4n) is 3.56. The van der Waals surface area contributed by atoms with Crippen LogP contribution in [-0.4, -0.2) is 10.2 Å². The number of aromatic hydroxyl groups is 2. The molecule has 0 aromatic heterocycles. The van der Waals surface area contributed by atoms with E-state index in [0.717, 1.165) is 44.5 Å².